The number of rotatable bonds is 3. The van der Waals surface area contributed by atoms with Crippen molar-refractivity contribution in [1.29, 1.82) is 0 Å². The fourth-order valence-corrected chi connectivity index (χ4v) is 3.54. The summed E-state index contributed by atoms with van der Waals surface area (Å²) < 4.78 is 30.3. The molecule has 21 heavy (non-hydrogen) atoms. The quantitative estimate of drug-likeness (QED) is 0.809. The summed E-state index contributed by atoms with van der Waals surface area (Å²) in [5, 5.41) is 7.66. The van der Waals surface area contributed by atoms with Crippen LogP contribution in [-0.4, -0.2) is 23.2 Å². The van der Waals surface area contributed by atoms with Crippen molar-refractivity contribution < 1.29 is 13.2 Å². The second kappa shape index (κ2) is 4.53. The lowest BCUT2D eigenvalue weighted by atomic mass is 10.1. The Labute approximate surface area is 126 Å². The van der Waals surface area contributed by atoms with Gasteiger partial charge in [-0.1, -0.05) is 12.1 Å². The van der Waals surface area contributed by atoms with Crippen LogP contribution < -0.4 is 0 Å². The molecule has 1 saturated carbocycles. The average molecular weight is 326 g/mol. The molecular weight excluding hydrogens is 314 g/mol. The Hall–Kier alpha value is -1.44. The molecule has 1 aliphatic heterocycles. The van der Waals surface area contributed by atoms with E-state index in [1.165, 1.54) is 0 Å². The van der Waals surface area contributed by atoms with Crippen LogP contribution in [0.1, 0.15) is 30.0 Å². The monoisotopic (exact) mass is 325 g/mol. The Morgan fingerprint density at radius 1 is 1.19 bits per heavy atom. The second-order valence-corrected chi connectivity index (χ2v) is 7.78. The molecule has 1 aliphatic carbocycles. The summed E-state index contributed by atoms with van der Waals surface area (Å²) in [6.45, 7) is 1.19. The van der Waals surface area contributed by atoms with Crippen LogP contribution in [0.15, 0.2) is 23.4 Å². The van der Waals surface area contributed by atoms with Crippen LogP contribution in [0.25, 0.3) is 11.4 Å². The highest BCUT2D eigenvalue weighted by atomic mass is 35.7. The summed E-state index contributed by atoms with van der Waals surface area (Å²) in [4.78, 5) is 0. The SMILES string of the molecule is O=S(=O)(Cl)c1nnc(-c2ccc3c(c2)COC3)n1C1CC1. The van der Waals surface area contributed by atoms with E-state index < -0.39 is 9.05 Å². The molecule has 0 atom stereocenters. The van der Waals surface area contributed by atoms with E-state index in [1.807, 2.05) is 18.2 Å². The molecular formula is C13H12ClN3O3S. The van der Waals surface area contributed by atoms with Gasteiger partial charge in [-0.15, -0.1) is 10.2 Å². The first kappa shape index (κ1) is 13.2. The minimum Gasteiger partial charge on any atom is -0.372 e. The molecule has 2 heterocycles. The first-order valence-corrected chi connectivity index (χ1v) is 8.94. The lowest BCUT2D eigenvalue weighted by Crippen LogP contribution is -2.06. The molecule has 0 saturated heterocycles. The molecule has 0 spiro atoms. The van der Waals surface area contributed by atoms with Crippen LogP contribution in [0, 0.1) is 0 Å². The highest BCUT2D eigenvalue weighted by Gasteiger charge is 2.34. The number of benzene rings is 1. The van der Waals surface area contributed by atoms with Crippen molar-refractivity contribution in [2.24, 2.45) is 0 Å². The molecule has 1 aromatic heterocycles. The Balaban J connectivity index is 1.87. The molecule has 1 fully saturated rings. The third-order valence-electron chi connectivity index (χ3n) is 3.77. The topological polar surface area (TPSA) is 74.1 Å². The zero-order valence-electron chi connectivity index (χ0n) is 11.0. The van der Waals surface area contributed by atoms with Gasteiger partial charge in [0.2, 0.25) is 0 Å². The fourth-order valence-electron chi connectivity index (χ4n) is 2.61. The molecule has 6 nitrogen and oxygen atoms in total. The number of halogens is 1. The Morgan fingerprint density at radius 2 is 1.95 bits per heavy atom. The van der Waals surface area contributed by atoms with E-state index in [0.29, 0.717) is 19.0 Å². The van der Waals surface area contributed by atoms with E-state index in [2.05, 4.69) is 10.2 Å². The summed E-state index contributed by atoms with van der Waals surface area (Å²) in [7, 11) is 1.56. The van der Waals surface area contributed by atoms with E-state index in [1.54, 1.807) is 4.57 Å². The molecule has 0 N–H and O–H groups in total. The van der Waals surface area contributed by atoms with Crippen molar-refractivity contribution in [1.82, 2.24) is 14.8 Å². The lowest BCUT2D eigenvalue weighted by molar-refractivity contribution is 0.134. The number of hydrogen-bond donors (Lipinski definition) is 0. The third-order valence-corrected chi connectivity index (χ3v) is 4.90. The molecule has 110 valence electrons. The van der Waals surface area contributed by atoms with Crippen molar-refractivity contribution in [3.05, 3.63) is 29.3 Å². The maximum absolute atomic E-state index is 11.6. The molecule has 0 amide bonds. The largest absolute Gasteiger partial charge is 0.372 e. The maximum Gasteiger partial charge on any atom is 0.296 e. The fraction of sp³-hybridized carbons (Fsp3) is 0.385. The van der Waals surface area contributed by atoms with Gasteiger partial charge in [-0.3, -0.25) is 4.57 Å². The molecule has 1 aromatic carbocycles. The van der Waals surface area contributed by atoms with Gasteiger partial charge in [0, 0.05) is 22.3 Å². The van der Waals surface area contributed by atoms with Crippen molar-refractivity contribution in [3.63, 3.8) is 0 Å². The Bertz CT molecular complexity index is 827. The van der Waals surface area contributed by atoms with Crippen molar-refractivity contribution in [3.8, 4) is 11.4 Å². The summed E-state index contributed by atoms with van der Waals surface area (Å²) >= 11 is 0. The smallest absolute Gasteiger partial charge is 0.296 e. The van der Waals surface area contributed by atoms with E-state index in [0.717, 1.165) is 29.5 Å². The van der Waals surface area contributed by atoms with Crippen LogP contribution in [0.2, 0.25) is 0 Å². The van der Waals surface area contributed by atoms with Crippen LogP contribution in [0.3, 0.4) is 0 Å². The third kappa shape index (κ3) is 2.25. The number of nitrogens with zero attached hydrogens (tertiary/aromatic N) is 3. The molecule has 2 aromatic rings. The predicted octanol–water partition coefficient (Wildman–Crippen LogP) is 2.24. The summed E-state index contributed by atoms with van der Waals surface area (Å²) in [5.74, 6) is 0.548. The lowest BCUT2D eigenvalue weighted by Gasteiger charge is -2.08. The minimum absolute atomic E-state index is 0.114. The first-order chi connectivity index (χ1) is 10.0. The van der Waals surface area contributed by atoms with Crippen LogP contribution in [-0.2, 0) is 27.0 Å². The van der Waals surface area contributed by atoms with Gasteiger partial charge in [-0.25, -0.2) is 8.42 Å². The minimum atomic E-state index is -3.90. The molecule has 2 aliphatic rings. The highest BCUT2D eigenvalue weighted by molar-refractivity contribution is 8.13. The van der Waals surface area contributed by atoms with Gasteiger partial charge >= 0.3 is 0 Å². The molecule has 0 bridgehead atoms. The average Bonchev–Trinajstić information content (AvgIpc) is 3.01. The first-order valence-electron chi connectivity index (χ1n) is 6.63. The van der Waals surface area contributed by atoms with Gasteiger partial charge in [0.05, 0.1) is 13.2 Å². The normalized spacial score (nSPS) is 18.0. The second-order valence-electron chi connectivity index (χ2n) is 5.32. The van der Waals surface area contributed by atoms with Crippen molar-refractivity contribution in [2.75, 3.05) is 0 Å². The van der Waals surface area contributed by atoms with Crippen LogP contribution in [0.5, 0.6) is 0 Å². The standard InChI is InChI=1S/C13H12ClN3O3S/c14-21(18,19)13-16-15-12(17(13)11-3-4-11)8-1-2-9-6-20-7-10(9)5-8/h1-2,5,11H,3-4,6-7H2. The van der Waals surface area contributed by atoms with Gasteiger partial charge in [-0.05, 0) is 30.0 Å². The van der Waals surface area contributed by atoms with Crippen LogP contribution >= 0.6 is 10.7 Å². The van der Waals surface area contributed by atoms with E-state index in [9.17, 15) is 8.42 Å². The maximum atomic E-state index is 11.6. The van der Waals surface area contributed by atoms with Gasteiger partial charge in [0.25, 0.3) is 14.2 Å². The van der Waals surface area contributed by atoms with Crippen molar-refractivity contribution >= 4 is 19.7 Å². The molecule has 4 rings (SSSR count). The van der Waals surface area contributed by atoms with E-state index >= 15 is 0 Å². The molecule has 8 heteroatoms. The summed E-state index contributed by atoms with van der Waals surface area (Å²) in [6.07, 6.45) is 1.83. The highest BCUT2D eigenvalue weighted by Crippen LogP contribution is 2.40. The zero-order valence-corrected chi connectivity index (χ0v) is 12.6. The predicted molar refractivity (Wildman–Crippen MR) is 75.3 cm³/mol. The van der Waals surface area contributed by atoms with Gasteiger partial charge < -0.3 is 4.74 Å². The van der Waals surface area contributed by atoms with E-state index in [-0.39, 0.29) is 11.2 Å². The number of fused-ring (bicyclic) bond motifs is 1. The van der Waals surface area contributed by atoms with Crippen LogP contribution in [0.4, 0.5) is 0 Å². The van der Waals surface area contributed by atoms with Gasteiger partial charge in [-0.2, -0.15) is 0 Å². The number of hydrogen-bond acceptors (Lipinski definition) is 5. The van der Waals surface area contributed by atoms with E-state index in [4.69, 9.17) is 15.4 Å². The number of ether oxygens (including phenoxy) is 1. The summed E-state index contributed by atoms with van der Waals surface area (Å²) in [6, 6.07) is 6.00. The molecule has 0 radical (unpaired) electrons. The zero-order chi connectivity index (χ0) is 14.6. The summed E-state index contributed by atoms with van der Waals surface area (Å²) in [5.41, 5.74) is 3.10. The Kier molecular flexibility index (Phi) is 2.85. The van der Waals surface area contributed by atoms with Gasteiger partial charge in [0.1, 0.15) is 0 Å². The van der Waals surface area contributed by atoms with Gasteiger partial charge in [0.15, 0.2) is 5.82 Å². The molecule has 0 unspecified atom stereocenters. The van der Waals surface area contributed by atoms with Crippen molar-refractivity contribution in [2.45, 2.75) is 37.3 Å². The Morgan fingerprint density at radius 3 is 2.67 bits per heavy atom. The number of aromatic nitrogens is 3.